The van der Waals surface area contributed by atoms with E-state index in [9.17, 15) is 19.2 Å². The van der Waals surface area contributed by atoms with Crippen LogP contribution in [0.3, 0.4) is 0 Å². The smallest absolute Gasteiger partial charge is 0.303 e. The number of hydrogen-bond donors (Lipinski definition) is 1. The molecule has 1 rings (SSSR count). The summed E-state index contributed by atoms with van der Waals surface area (Å²) in [4.78, 5) is 46.8. The quantitative estimate of drug-likeness (QED) is 0.576. The zero-order chi connectivity index (χ0) is 18.8. The van der Waals surface area contributed by atoms with Crippen LogP contribution in [0.25, 0.3) is 0 Å². The van der Waals surface area contributed by atoms with E-state index in [1.54, 1.807) is 30.3 Å². The van der Waals surface area contributed by atoms with Crippen molar-refractivity contribution >= 4 is 29.4 Å². The van der Waals surface area contributed by atoms with Crippen LogP contribution in [0.5, 0.6) is 0 Å². The molecule has 7 nitrogen and oxygen atoms in total. The fourth-order valence-electron chi connectivity index (χ4n) is 2.46. The molecule has 0 aliphatic heterocycles. The molecule has 0 bridgehead atoms. The Morgan fingerprint density at radius 3 is 1.84 bits per heavy atom. The van der Waals surface area contributed by atoms with Gasteiger partial charge in [-0.25, -0.2) is 5.01 Å². The molecule has 1 aromatic rings. The minimum absolute atomic E-state index is 0.118. The molecule has 7 heteroatoms. The van der Waals surface area contributed by atoms with Crippen LogP contribution in [-0.4, -0.2) is 33.8 Å². The summed E-state index contributed by atoms with van der Waals surface area (Å²) in [5, 5.41) is 10.5. The Bertz CT molecular complexity index is 601. The Morgan fingerprint density at radius 2 is 1.36 bits per heavy atom. The molecular formula is C18H24N2O5. The number of nitrogens with zero attached hydrogens (tertiary/aromatic N) is 2. The molecule has 0 atom stereocenters. The molecule has 0 heterocycles. The standard InChI is InChI=1S/C18H24N2O5/c1-14(21)19(15(2)22)20(16-10-6-5-7-11-16)17(23)12-8-3-4-9-13-18(24)25/h5-7,10-11H,3-4,8-9,12-13H2,1-2H3,(H,24,25). The number of aliphatic carboxylic acids is 1. The third-order valence-corrected chi connectivity index (χ3v) is 3.56. The van der Waals surface area contributed by atoms with E-state index in [0.717, 1.165) is 10.0 Å². The van der Waals surface area contributed by atoms with Crippen LogP contribution in [0.4, 0.5) is 5.69 Å². The maximum absolute atomic E-state index is 12.6. The normalized spacial score (nSPS) is 10.2. The van der Waals surface area contributed by atoms with Crippen LogP contribution in [0.2, 0.25) is 0 Å². The first kappa shape index (κ1) is 20.3. The summed E-state index contributed by atoms with van der Waals surface area (Å²) < 4.78 is 0. The van der Waals surface area contributed by atoms with Gasteiger partial charge in [0, 0.05) is 26.7 Å². The number of para-hydroxylation sites is 1. The van der Waals surface area contributed by atoms with Gasteiger partial charge in [-0.3, -0.25) is 19.2 Å². The van der Waals surface area contributed by atoms with Crippen molar-refractivity contribution in [1.82, 2.24) is 5.01 Å². The van der Waals surface area contributed by atoms with Crippen LogP contribution >= 0.6 is 0 Å². The summed E-state index contributed by atoms with van der Waals surface area (Å²) in [5.41, 5.74) is 0.448. The fourth-order valence-corrected chi connectivity index (χ4v) is 2.46. The SMILES string of the molecule is CC(=O)N(C(C)=O)N(C(=O)CCCCCCC(=O)O)c1ccccc1. The zero-order valence-corrected chi connectivity index (χ0v) is 14.6. The number of anilines is 1. The molecule has 0 unspecified atom stereocenters. The Morgan fingerprint density at radius 1 is 0.840 bits per heavy atom. The van der Waals surface area contributed by atoms with Crippen LogP contribution in [0.1, 0.15) is 52.4 Å². The van der Waals surface area contributed by atoms with Gasteiger partial charge < -0.3 is 5.11 Å². The lowest BCUT2D eigenvalue weighted by molar-refractivity contribution is -0.146. The molecule has 0 spiro atoms. The number of amides is 3. The lowest BCUT2D eigenvalue weighted by atomic mass is 10.1. The van der Waals surface area contributed by atoms with E-state index < -0.39 is 17.8 Å². The van der Waals surface area contributed by atoms with Gasteiger partial charge in [0.2, 0.25) is 17.7 Å². The summed E-state index contributed by atoms with van der Waals surface area (Å²) in [7, 11) is 0. The molecule has 3 amide bonds. The first-order chi connectivity index (χ1) is 11.8. The van der Waals surface area contributed by atoms with Crippen LogP contribution in [0, 0.1) is 0 Å². The molecule has 0 saturated heterocycles. The zero-order valence-electron chi connectivity index (χ0n) is 14.6. The Labute approximate surface area is 147 Å². The van der Waals surface area contributed by atoms with E-state index in [1.165, 1.54) is 13.8 Å². The van der Waals surface area contributed by atoms with E-state index in [2.05, 4.69) is 0 Å². The number of hydrazine groups is 1. The highest BCUT2D eigenvalue weighted by Gasteiger charge is 2.28. The van der Waals surface area contributed by atoms with Crippen molar-refractivity contribution in [3.8, 4) is 0 Å². The largest absolute Gasteiger partial charge is 0.481 e. The molecule has 136 valence electrons. The molecule has 1 aromatic carbocycles. The molecule has 25 heavy (non-hydrogen) atoms. The topological polar surface area (TPSA) is 95.0 Å². The maximum atomic E-state index is 12.6. The lowest BCUT2D eigenvalue weighted by Crippen LogP contribution is -2.51. The van der Waals surface area contributed by atoms with Crippen LogP contribution < -0.4 is 5.01 Å². The highest BCUT2D eigenvalue weighted by Crippen LogP contribution is 2.19. The van der Waals surface area contributed by atoms with Gasteiger partial charge in [0.1, 0.15) is 0 Å². The average Bonchev–Trinajstić information content (AvgIpc) is 2.55. The van der Waals surface area contributed by atoms with E-state index in [1.807, 2.05) is 0 Å². The van der Waals surface area contributed by atoms with Crippen molar-refractivity contribution in [2.75, 3.05) is 5.01 Å². The lowest BCUT2D eigenvalue weighted by Gasteiger charge is -2.31. The molecule has 0 radical (unpaired) electrons. The van der Waals surface area contributed by atoms with Crippen LogP contribution in [-0.2, 0) is 19.2 Å². The highest BCUT2D eigenvalue weighted by atomic mass is 16.4. The molecule has 0 aliphatic rings. The molecule has 0 aromatic heterocycles. The number of rotatable bonds is 8. The third-order valence-electron chi connectivity index (χ3n) is 3.56. The molecule has 1 N–H and O–H groups in total. The Balaban J connectivity index is 2.76. The first-order valence-electron chi connectivity index (χ1n) is 8.25. The van der Waals surface area contributed by atoms with Gasteiger partial charge in [-0.15, -0.1) is 0 Å². The van der Waals surface area contributed by atoms with E-state index in [-0.39, 0.29) is 18.7 Å². The molecule has 0 saturated carbocycles. The van der Waals surface area contributed by atoms with Crippen molar-refractivity contribution in [2.24, 2.45) is 0 Å². The van der Waals surface area contributed by atoms with Gasteiger partial charge in [-0.1, -0.05) is 31.0 Å². The number of carboxylic acid groups (broad SMARTS) is 1. The number of carbonyl (C=O) groups is 4. The third kappa shape index (κ3) is 6.74. The first-order valence-corrected chi connectivity index (χ1v) is 8.25. The number of imide groups is 1. The van der Waals surface area contributed by atoms with Gasteiger partial charge >= 0.3 is 5.97 Å². The number of unbranched alkanes of at least 4 members (excludes halogenated alkanes) is 3. The summed E-state index contributed by atoms with van der Waals surface area (Å²) >= 11 is 0. The number of carboxylic acids is 1. The van der Waals surface area contributed by atoms with Crippen molar-refractivity contribution in [3.63, 3.8) is 0 Å². The molecule has 0 aliphatic carbocycles. The minimum Gasteiger partial charge on any atom is -0.481 e. The summed E-state index contributed by atoms with van der Waals surface area (Å²) in [6, 6.07) is 8.54. The maximum Gasteiger partial charge on any atom is 0.303 e. The second-order valence-corrected chi connectivity index (χ2v) is 5.70. The fraction of sp³-hybridized carbons (Fsp3) is 0.444. The molecular weight excluding hydrogens is 324 g/mol. The van der Waals surface area contributed by atoms with Crippen molar-refractivity contribution in [2.45, 2.75) is 52.4 Å². The monoisotopic (exact) mass is 348 g/mol. The second-order valence-electron chi connectivity index (χ2n) is 5.70. The average molecular weight is 348 g/mol. The van der Waals surface area contributed by atoms with Crippen molar-refractivity contribution in [3.05, 3.63) is 30.3 Å². The van der Waals surface area contributed by atoms with Crippen molar-refractivity contribution in [1.29, 1.82) is 0 Å². The number of carbonyl (C=O) groups excluding carboxylic acids is 3. The Kier molecular flexibility index (Phi) is 8.32. The van der Waals surface area contributed by atoms with Gasteiger partial charge in [0.05, 0.1) is 5.69 Å². The van der Waals surface area contributed by atoms with E-state index >= 15 is 0 Å². The predicted octanol–water partition coefficient (Wildman–Crippen LogP) is 2.75. The second kappa shape index (κ2) is 10.2. The number of hydrogen-bond acceptors (Lipinski definition) is 4. The van der Waals surface area contributed by atoms with Gasteiger partial charge in [-0.05, 0) is 25.0 Å². The Hall–Kier alpha value is -2.70. The van der Waals surface area contributed by atoms with E-state index in [4.69, 9.17) is 5.11 Å². The summed E-state index contributed by atoms with van der Waals surface area (Å²) in [6.45, 7) is 2.47. The number of benzene rings is 1. The predicted molar refractivity (Wildman–Crippen MR) is 92.5 cm³/mol. The molecule has 0 fully saturated rings. The minimum atomic E-state index is -0.829. The van der Waals surface area contributed by atoms with Gasteiger partial charge in [0.15, 0.2) is 0 Å². The summed E-state index contributed by atoms with van der Waals surface area (Å²) in [6.07, 6.45) is 2.84. The summed E-state index contributed by atoms with van der Waals surface area (Å²) in [5.74, 6) is -2.25. The van der Waals surface area contributed by atoms with Gasteiger partial charge in [-0.2, -0.15) is 5.01 Å². The van der Waals surface area contributed by atoms with Crippen molar-refractivity contribution < 1.29 is 24.3 Å². The van der Waals surface area contributed by atoms with Gasteiger partial charge in [0.25, 0.3) is 0 Å². The highest BCUT2D eigenvalue weighted by molar-refractivity contribution is 6.03. The van der Waals surface area contributed by atoms with Crippen LogP contribution in [0.15, 0.2) is 30.3 Å². The van der Waals surface area contributed by atoms with E-state index in [0.29, 0.717) is 31.4 Å².